The molecule has 2 aromatic rings. The number of unbranched alkanes of at least 4 members (excludes halogenated alkanes) is 1. The van der Waals surface area contributed by atoms with Crippen LogP contribution >= 0.6 is 0 Å². The second kappa shape index (κ2) is 8.04. The van der Waals surface area contributed by atoms with Crippen molar-refractivity contribution in [2.75, 3.05) is 13.1 Å². The van der Waals surface area contributed by atoms with Crippen LogP contribution in [0.3, 0.4) is 0 Å². The fraction of sp³-hybridized carbons (Fsp3) is 0.474. The fourth-order valence-electron chi connectivity index (χ4n) is 2.76. The van der Waals surface area contributed by atoms with E-state index in [0.717, 1.165) is 26.1 Å². The van der Waals surface area contributed by atoms with E-state index in [0.29, 0.717) is 0 Å². The molecule has 0 atom stereocenters. The van der Waals surface area contributed by atoms with Crippen LogP contribution in [0.4, 0.5) is 0 Å². The Morgan fingerprint density at radius 2 is 2.05 bits per heavy atom. The Morgan fingerprint density at radius 3 is 2.81 bits per heavy atom. The lowest BCUT2D eigenvalue weighted by molar-refractivity contribution is 0.640. The Hall–Kier alpha value is -1.54. The number of rotatable bonds is 9. The maximum atomic E-state index is 4.01. The average Bonchev–Trinajstić information content (AvgIpc) is 2.83. The lowest BCUT2D eigenvalue weighted by Gasteiger charge is -2.04. The fourth-order valence-corrected chi connectivity index (χ4v) is 2.76. The molecule has 2 heteroatoms. The predicted molar refractivity (Wildman–Crippen MR) is 92.9 cm³/mol. The molecule has 1 heterocycles. The summed E-state index contributed by atoms with van der Waals surface area (Å²) in [7, 11) is 0. The molecule has 0 saturated carbocycles. The number of aromatic nitrogens is 1. The van der Waals surface area contributed by atoms with E-state index in [1.165, 1.54) is 41.3 Å². The Morgan fingerprint density at radius 1 is 1.24 bits per heavy atom. The molecule has 0 spiro atoms. The number of allylic oxidation sites excluding steroid dienone is 1. The van der Waals surface area contributed by atoms with Crippen LogP contribution < -0.4 is 5.32 Å². The van der Waals surface area contributed by atoms with Gasteiger partial charge in [-0.05, 0) is 57.3 Å². The van der Waals surface area contributed by atoms with Gasteiger partial charge in [0.05, 0.1) is 0 Å². The number of nitrogens with zero attached hydrogens (tertiary/aromatic N) is 1. The van der Waals surface area contributed by atoms with Crippen molar-refractivity contribution in [2.24, 2.45) is 0 Å². The lowest BCUT2D eigenvalue weighted by Crippen LogP contribution is -2.13. The molecule has 0 radical (unpaired) electrons. The Labute approximate surface area is 128 Å². The summed E-state index contributed by atoms with van der Waals surface area (Å²) in [6.45, 7) is 11.5. The van der Waals surface area contributed by atoms with Crippen molar-refractivity contribution in [3.05, 3.63) is 48.2 Å². The summed E-state index contributed by atoms with van der Waals surface area (Å²) < 4.78 is 2.39. The first-order valence-electron chi connectivity index (χ1n) is 8.14. The molecule has 1 aromatic carbocycles. The van der Waals surface area contributed by atoms with E-state index in [2.05, 4.69) is 60.8 Å². The van der Waals surface area contributed by atoms with Crippen LogP contribution in [0, 0.1) is 0 Å². The van der Waals surface area contributed by atoms with Gasteiger partial charge in [-0.3, -0.25) is 0 Å². The molecular weight excluding hydrogens is 256 g/mol. The monoisotopic (exact) mass is 284 g/mol. The summed E-state index contributed by atoms with van der Waals surface area (Å²) in [6.07, 6.45) is 7.08. The number of fused-ring (bicyclic) bond motifs is 1. The van der Waals surface area contributed by atoms with Crippen LogP contribution in [0.5, 0.6) is 0 Å². The first-order chi connectivity index (χ1) is 10.2. The zero-order valence-electron chi connectivity index (χ0n) is 13.5. The number of para-hydroxylation sites is 1. The zero-order valence-corrected chi connectivity index (χ0v) is 13.5. The summed E-state index contributed by atoms with van der Waals surface area (Å²) in [6, 6.07) is 8.77. The van der Waals surface area contributed by atoms with Crippen molar-refractivity contribution >= 4 is 10.9 Å². The third kappa shape index (κ3) is 4.47. The molecule has 1 aromatic heterocycles. The molecule has 2 rings (SSSR count). The second-order valence-electron chi connectivity index (χ2n) is 5.88. The first kappa shape index (κ1) is 15.8. The van der Waals surface area contributed by atoms with E-state index < -0.39 is 0 Å². The summed E-state index contributed by atoms with van der Waals surface area (Å²) in [5.41, 5.74) is 4.10. The van der Waals surface area contributed by atoms with E-state index in [1.54, 1.807) is 0 Å². The highest BCUT2D eigenvalue weighted by Crippen LogP contribution is 2.23. The average molecular weight is 284 g/mol. The van der Waals surface area contributed by atoms with Crippen LogP contribution in [0.1, 0.15) is 38.7 Å². The quantitative estimate of drug-likeness (QED) is 0.528. The van der Waals surface area contributed by atoms with Crippen LogP contribution in [0.15, 0.2) is 42.6 Å². The lowest BCUT2D eigenvalue weighted by atomic mass is 10.1. The van der Waals surface area contributed by atoms with Gasteiger partial charge in [0.1, 0.15) is 0 Å². The minimum absolute atomic E-state index is 1.03. The Balaban J connectivity index is 2.06. The molecule has 21 heavy (non-hydrogen) atoms. The van der Waals surface area contributed by atoms with Gasteiger partial charge in [-0.15, -0.1) is 6.58 Å². The molecule has 0 saturated heterocycles. The van der Waals surface area contributed by atoms with E-state index in [9.17, 15) is 0 Å². The van der Waals surface area contributed by atoms with Gasteiger partial charge in [0.2, 0.25) is 0 Å². The molecule has 1 N–H and O–H groups in total. The first-order valence-corrected chi connectivity index (χ1v) is 8.14. The molecule has 0 fully saturated rings. The van der Waals surface area contributed by atoms with Gasteiger partial charge in [-0.2, -0.15) is 0 Å². The third-order valence-electron chi connectivity index (χ3n) is 3.95. The van der Waals surface area contributed by atoms with Crippen molar-refractivity contribution in [1.82, 2.24) is 9.88 Å². The van der Waals surface area contributed by atoms with Crippen molar-refractivity contribution in [2.45, 2.75) is 46.1 Å². The van der Waals surface area contributed by atoms with Crippen molar-refractivity contribution < 1.29 is 0 Å². The molecule has 0 unspecified atom stereocenters. The van der Waals surface area contributed by atoms with Gasteiger partial charge in [0.25, 0.3) is 0 Å². The standard InChI is InChI=1S/C19H28N2/c1-4-20-13-8-7-9-17-15-21(14-12-16(2)3)19-11-6-5-10-18(17)19/h5-6,10-11,15,20H,2,4,7-9,12-14H2,1,3H3. The Kier molecular flexibility index (Phi) is 6.06. The molecule has 0 aliphatic heterocycles. The summed E-state index contributed by atoms with van der Waals surface area (Å²) in [5, 5.41) is 4.81. The highest BCUT2D eigenvalue weighted by Gasteiger charge is 2.07. The summed E-state index contributed by atoms with van der Waals surface area (Å²) >= 11 is 0. The number of nitrogens with one attached hydrogen (secondary N) is 1. The van der Waals surface area contributed by atoms with Gasteiger partial charge in [0, 0.05) is 23.6 Å². The van der Waals surface area contributed by atoms with Gasteiger partial charge < -0.3 is 9.88 Å². The highest BCUT2D eigenvalue weighted by atomic mass is 15.0. The summed E-state index contributed by atoms with van der Waals surface area (Å²) in [4.78, 5) is 0. The van der Waals surface area contributed by atoms with Gasteiger partial charge >= 0.3 is 0 Å². The van der Waals surface area contributed by atoms with Gasteiger partial charge in [0.15, 0.2) is 0 Å². The van der Waals surface area contributed by atoms with E-state index in [1.807, 2.05) is 0 Å². The summed E-state index contributed by atoms with van der Waals surface area (Å²) in [5.74, 6) is 0. The molecule has 2 nitrogen and oxygen atoms in total. The molecule has 0 amide bonds. The SMILES string of the molecule is C=C(C)CCn1cc(CCCCNCC)c2ccccc21. The van der Waals surface area contributed by atoms with Crippen LogP contribution in [0.25, 0.3) is 10.9 Å². The zero-order chi connectivity index (χ0) is 15.1. The van der Waals surface area contributed by atoms with E-state index in [4.69, 9.17) is 0 Å². The van der Waals surface area contributed by atoms with Crippen molar-refractivity contribution in [3.63, 3.8) is 0 Å². The second-order valence-corrected chi connectivity index (χ2v) is 5.88. The van der Waals surface area contributed by atoms with Crippen LogP contribution in [0.2, 0.25) is 0 Å². The minimum Gasteiger partial charge on any atom is -0.347 e. The molecular formula is C19H28N2. The number of aryl methyl sites for hydroxylation is 2. The van der Waals surface area contributed by atoms with Crippen molar-refractivity contribution in [1.29, 1.82) is 0 Å². The molecule has 0 aliphatic carbocycles. The number of benzene rings is 1. The largest absolute Gasteiger partial charge is 0.347 e. The molecule has 114 valence electrons. The minimum atomic E-state index is 1.03. The maximum absolute atomic E-state index is 4.01. The van der Waals surface area contributed by atoms with Gasteiger partial charge in [-0.25, -0.2) is 0 Å². The molecule has 0 aliphatic rings. The van der Waals surface area contributed by atoms with E-state index >= 15 is 0 Å². The number of hydrogen-bond acceptors (Lipinski definition) is 1. The predicted octanol–water partition coefficient (Wildman–Crippen LogP) is 4.54. The number of hydrogen-bond donors (Lipinski definition) is 1. The third-order valence-corrected chi connectivity index (χ3v) is 3.95. The topological polar surface area (TPSA) is 17.0 Å². The highest BCUT2D eigenvalue weighted by molar-refractivity contribution is 5.84. The van der Waals surface area contributed by atoms with Crippen molar-refractivity contribution in [3.8, 4) is 0 Å². The van der Waals surface area contributed by atoms with Gasteiger partial charge in [-0.1, -0.05) is 30.7 Å². The maximum Gasteiger partial charge on any atom is 0.0483 e. The van der Waals surface area contributed by atoms with Crippen LogP contribution in [-0.4, -0.2) is 17.7 Å². The van der Waals surface area contributed by atoms with E-state index in [-0.39, 0.29) is 0 Å². The van der Waals surface area contributed by atoms with Crippen LogP contribution in [-0.2, 0) is 13.0 Å². The smallest absolute Gasteiger partial charge is 0.0483 e. The molecule has 0 bridgehead atoms. The normalized spacial score (nSPS) is 11.1. The Bertz CT molecular complexity index is 580.